The summed E-state index contributed by atoms with van der Waals surface area (Å²) in [5, 5.41) is 9.39. The Morgan fingerprint density at radius 2 is 1.79 bits per heavy atom. The zero-order valence-corrected chi connectivity index (χ0v) is 25.3. The Bertz CT molecular complexity index is 1810. The summed E-state index contributed by atoms with van der Waals surface area (Å²) in [7, 11) is 3.06. The summed E-state index contributed by atoms with van der Waals surface area (Å²) in [6, 6.07) is 28.2. The molecule has 0 saturated carbocycles. The van der Waals surface area contributed by atoms with Crippen LogP contribution in [0.1, 0.15) is 34.7 Å². The Kier molecular flexibility index (Phi) is 7.84. The van der Waals surface area contributed by atoms with Gasteiger partial charge in [-0.1, -0.05) is 42.5 Å². The number of thiocarbonyl (C=S) groups is 1. The van der Waals surface area contributed by atoms with Gasteiger partial charge in [-0.05, 0) is 79.5 Å². The number of rotatable bonds is 8. The van der Waals surface area contributed by atoms with Crippen LogP contribution >= 0.6 is 12.2 Å². The largest absolute Gasteiger partial charge is 0.495 e. The van der Waals surface area contributed by atoms with Crippen molar-refractivity contribution in [2.45, 2.75) is 25.9 Å². The molecule has 1 saturated heterocycles. The molecule has 0 unspecified atom stereocenters. The molecule has 2 N–H and O–H groups in total. The Hall–Kier alpha value is -4.73. The highest BCUT2D eigenvalue weighted by Gasteiger charge is 2.42. The van der Waals surface area contributed by atoms with Crippen LogP contribution in [0.3, 0.4) is 0 Å². The summed E-state index contributed by atoms with van der Waals surface area (Å²) in [6.07, 6.45) is 1.80. The van der Waals surface area contributed by atoms with Crippen molar-refractivity contribution in [3.63, 3.8) is 0 Å². The van der Waals surface area contributed by atoms with Crippen LogP contribution in [-0.4, -0.2) is 41.4 Å². The van der Waals surface area contributed by atoms with E-state index in [9.17, 15) is 4.79 Å². The molecule has 3 heterocycles. The Balaban J connectivity index is 1.51. The Morgan fingerprint density at radius 1 is 1.00 bits per heavy atom. The van der Waals surface area contributed by atoms with Gasteiger partial charge in [0.2, 0.25) is 5.91 Å². The van der Waals surface area contributed by atoms with Crippen LogP contribution < -0.4 is 20.3 Å². The second-order valence-electron chi connectivity index (χ2n) is 10.5. The lowest BCUT2D eigenvalue weighted by Gasteiger charge is -2.29. The molecule has 0 aliphatic carbocycles. The maximum absolute atomic E-state index is 12.5. The number of pyridine rings is 1. The smallest absolute Gasteiger partial charge is 0.250 e. The van der Waals surface area contributed by atoms with E-state index in [-0.39, 0.29) is 24.6 Å². The minimum Gasteiger partial charge on any atom is -0.495 e. The van der Waals surface area contributed by atoms with Crippen LogP contribution in [0, 0.1) is 13.8 Å². The first-order chi connectivity index (χ1) is 20.9. The maximum atomic E-state index is 12.5. The van der Waals surface area contributed by atoms with Crippen molar-refractivity contribution < 1.29 is 14.3 Å². The van der Waals surface area contributed by atoms with Gasteiger partial charge in [-0.3, -0.25) is 9.78 Å². The van der Waals surface area contributed by atoms with E-state index in [0.717, 1.165) is 34.0 Å². The van der Waals surface area contributed by atoms with E-state index < -0.39 is 0 Å². The number of amides is 1. The number of carbonyl (C=O) groups excluding carboxylic acids is 1. The standard InChI is InChI=1S/C34H33N5O3S/c1-21-18-26(22(2)38(21)29-14-9-11-23-10-5-6-12-25(23)29)33-32(27-13-7-8-17-35-27)37-34(43)39(33)24-15-16-30(42-4)28(19-24)36-31(40)20-41-3/h5-19,32-33H,20H2,1-4H3,(H,36,40)(H,37,43)/t32-,33+/m0/s1. The summed E-state index contributed by atoms with van der Waals surface area (Å²) in [4.78, 5) is 19.3. The molecule has 0 radical (unpaired) electrons. The summed E-state index contributed by atoms with van der Waals surface area (Å²) < 4.78 is 12.9. The molecule has 2 atom stereocenters. The van der Waals surface area contributed by atoms with E-state index in [2.05, 4.69) is 82.5 Å². The average Bonchev–Trinajstić information content (AvgIpc) is 3.51. The number of carbonyl (C=O) groups is 1. The summed E-state index contributed by atoms with van der Waals surface area (Å²) in [5.41, 5.74) is 6.70. The average molecular weight is 592 g/mol. The predicted molar refractivity (Wildman–Crippen MR) is 174 cm³/mol. The van der Waals surface area contributed by atoms with Gasteiger partial charge >= 0.3 is 0 Å². The highest BCUT2D eigenvalue weighted by atomic mass is 32.1. The van der Waals surface area contributed by atoms with E-state index in [0.29, 0.717) is 16.5 Å². The van der Waals surface area contributed by atoms with Gasteiger partial charge < -0.3 is 29.6 Å². The number of ether oxygens (including phenoxy) is 2. The lowest BCUT2D eigenvalue weighted by atomic mass is 9.96. The molecule has 1 aliphatic rings. The van der Waals surface area contributed by atoms with E-state index in [4.69, 9.17) is 26.7 Å². The van der Waals surface area contributed by atoms with Crippen molar-refractivity contribution in [2.75, 3.05) is 31.0 Å². The quantitative estimate of drug-likeness (QED) is 0.202. The summed E-state index contributed by atoms with van der Waals surface area (Å²) >= 11 is 5.99. The van der Waals surface area contributed by atoms with Gasteiger partial charge in [0.25, 0.3) is 0 Å². The highest BCUT2D eigenvalue weighted by molar-refractivity contribution is 7.80. The van der Waals surface area contributed by atoms with Crippen molar-refractivity contribution in [1.29, 1.82) is 0 Å². The number of anilines is 2. The van der Waals surface area contributed by atoms with Crippen molar-refractivity contribution >= 4 is 45.4 Å². The van der Waals surface area contributed by atoms with Crippen LogP contribution in [0.15, 0.2) is 91.1 Å². The molecule has 2 aromatic heterocycles. The Labute approximate surface area is 256 Å². The van der Waals surface area contributed by atoms with Crippen LogP contribution in [0.5, 0.6) is 5.75 Å². The molecule has 0 spiro atoms. The van der Waals surface area contributed by atoms with Crippen LogP contribution in [0.4, 0.5) is 11.4 Å². The van der Waals surface area contributed by atoms with Gasteiger partial charge in [0.05, 0.1) is 36.3 Å². The summed E-state index contributed by atoms with van der Waals surface area (Å²) in [5.74, 6) is 0.264. The molecule has 43 heavy (non-hydrogen) atoms. The molecule has 1 amide bonds. The fourth-order valence-corrected chi connectivity index (χ4v) is 6.42. The van der Waals surface area contributed by atoms with Gasteiger partial charge in [0, 0.05) is 35.8 Å². The SMILES string of the molecule is COCC(=O)Nc1cc(N2C(=S)N[C@@H](c3ccccn3)[C@H]2c2cc(C)n(-c3cccc4ccccc34)c2C)ccc1OC. The maximum Gasteiger partial charge on any atom is 0.250 e. The minimum atomic E-state index is -0.276. The number of benzene rings is 3. The molecule has 3 aromatic carbocycles. The predicted octanol–water partition coefficient (Wildman–Crippen LogP) is 6.41. The highest BCUT2D eigenvalue weighted by Crippen LogP contribution is 2.45. The van der Waals surface area contributed by atoms with Crippen LogP contribution in [0.25, 0.3) is 16.5 Å². The number of hydrogen-bond donors (Lipinski definition) is 2. The summed E-state index contributed by atoms with van der Waals surface area (Å²) in [6.45, 7) is 4.22. The van der Waals surface area contributed by atoms with Gasteiger partial charge in [-0.15, -0.1) is 0 Å². The number of aromatic nitrogens is 2. The third-order valence-electron chi connectivity index (χ3n) is 7.91. The molecule has 1 aliphatic heterocycles. The molecule has 9 heteroatoms. The van der Waals surface area contributed by atoms with Crippen molar-refractivity contribution in [1.82, 2.24) is 14.9 Å². The second kappa shape index (κ2) is 11.9. The van der Waals surface area contributed by atoms with Crippen molar-refractivity contribution in [3.8, 4) is 11.4 Å². The first-order valence-electron chi connectivity index (χ1n) is 14.1. The number of aryl methyl sites for hydroxylation is 1. The lowest BCUT2D eigenvalue weighted by molar-refractivity contribution is -0.119. The third-order valence-corrected chi connectivity index (χ3v) is 8.22. The zero-order valence-electron chi connectivity index (χ0n) is 24.5. The normalized spacial score (nSPS) is 16.4. The molecular weight excluding hydrogens is 558 g/mol. The first kappa shape index (κ1) is 28.4. The van der Waals surface area contributed by atoms with Gasteiger partial charge in [0.1, 0.15) is 12.4 Å². The molecule has 6 rings (SSSR count). The topological polar surface area (TPSA) is 80.7 Å². The van der Waals surface area contributed by atoms with Crippen LogP contribution in [-0.2, 0) is 9.53 Å². The second-order valence-corrected chi connectivity index (χ2v) is 10.9. The number of hydrogen-bond acceptors (Lipinski definition) is 5. The van der Waals surface area contributed by atoms with Crippen molar-refractivity contribution in [2.24, 2.45) is 0 Å². The zero-order chi connectivity index (χ0) is 30.1. The van der Waals surface area contributed by atoms with E-state index in [1.54, 1.807) is 13.3 Å². The van der Waals surface area contributed by atoms with Gasteiger partial charge in [-0.25, -0.2) is 0 Å². The molecule has 8 nitrogen and oxygen atoms in total. The number of nitrogens with zero attached hydrogens (tertiary/aromatic N) is 3. The van der Waals surface area contributed by atoms with Crippen molar-refractivity contribution in [3.05, 3.63) is 114 Å². The molecule has 0 bridgehead atoms. The number of fused-ring (bicyclic) bond motifs is 1. The lowest BCUT2D eigenvalue weighted by Crippen LogP contribution is -2.29. The Morgan fingerprint density at radius 3 is 2.56 bits per heavy atom. The van der Waals surface area contributed by atoms with E-state index in [1.165, 1.54) is 17.9 Å². The molecular formula is C34H33N5O3S. The molecule has 5 aromatic rings. The van der Waals surface area contributed by atoms with Gasteiger partial charge in [0.15, 0.2) is 5.11 Å². The number of nitrogens with one attached hydrogen (secondary N) is 2. The monoisotopic (exact) mass is 591 g/mol. The fourth-order valence-electron chi connectivity index (χ4n) is 6.07. The number of methoxy groups -OCH3 is 2. The van der Waals surface area contributed by atoms with E-state index >= 15 is 0 Å². The fraction of sp³-hybridized carbons (Fsp3) is 0.206. The van der Waals surface area contributed by atoms with Gasteiger partial charge in [-0.2, -0.15) is 0 Å². The minimum absolute atomic E-state index is 0.0679. The molecule has 218 valence electrons. The third kappa shape index (κ3) is 5.22. The van der Waals surface area contributed by atoms with E-state index in [1.807, 2.05) is 36.4 Å². The first-order valence-corrected chi connectivity index (χ1v) is 14.5. The molecule has 1 fully saturated rings. The van der Waals surface area contributed by atoms with Crippen LogP contribution in [0.2, 0.25) is 0 Å².